The minimum atomic E-state index is -0.0343. The van der Waals surface area contributed by atoms with Crippen LogP contribution in [-0.2, 0) is 12.8 Å². The Bertz CT molecular complexity index is 729. The summed E-state index contributed by atoms with van der Waals surface area (Å²) in [5, 5.41) is 20.2. The van der Waals surface area contributed by atoms with Crippen LogP contribution < -0.4 is 0 Å². The van der Waals surface area contributed by atoms with Gasteiger partial charge in [0, 0.05) is 18.2 Å². The molecular weight excluding hydrogens is 342 g/mol. The van der Waals surface area contributed by atoms with Crippen LogP contribution >= 0.6 is 17.0 Å². The Kier molecular flexibility index (Phi) is 3.91. The minimum absolute atomic E-state index is 0. The van der Waals surface area contributed by atoms with Crippen molar-refractivity contribution in [2.45, 2.75) is 25.8 Å². The van der Waals surface area contributed by atoms with E-state index in [1.165, 1.54) is 11.1 Å². The molecule has 2 aliphatic rings. The Morgan fingerprint density at radius 3 is 2.73 bits per heavy atom. The van der Waals surface area contributed by atoms with Crippen molar-refractivity contribution in [3.05, 3.63) is 47.0 Å². The summed E-state index contributed by atoms with van der Waals surface area (Å²) in [5.41, 5.74) is 5.77. The van der Waals surface area contributed by atoms with Gasteiger partial charge in [0.15, 0.2) is 11.5 Å². The molecule has 3 nitrogen and oxygen atoms in total. The zero-order chi connectivity index (χ0) is 14.6. The molecule has 0 aromatic heterocycles. The molecule has 0 saturated carbocycles. The van der Waals surface area contributed by atoms with Crippen molar-refractivity contribution in [2.24, 2.45) is 0 Å². The lowest BCUT2D eigenvalue weighted by molar-refractivity contribution is 0.192. The number of hydrogen-bond donors (Lipinski definition) is 2. The number of benzene rings is 2. The predicted molar refractivity (Wildman–Crippen MR) is 92.9 cm³/mol. The van der Waals surface area contributed by atoms with Crippen LogP contribution in [0, 0.1) is 0 Å². The summed E-state index contributed by atoms with van der Waals surface area (Å²) in [5.74, 6) is -0.0130. The second-order valence-electron chi connectivity index (χ2n) is 5.94. The fraction of sp³-hybridized carbons (Fsp3) is 0.333. The monoisotopic (exact) mass is 361 g/mol. The third kappa shape index (κ3) is 2.05. The van der Waals surface area contributed by atoms with Gasteiger partial charge < -0.3 is 10.2 Å². The zero-order valence-corrected chi connectivity index (χ0v) is 14.3. The molecule has 22 heavy (non-hydrogen) atoms. The van der Waals surface area contributed by atoms with Gasteiger partial charge in [0.05, 0.1) is 0 Å². The van der Waals surface area contributed by atoms with E-state index in [1.54, 1.807) is 6.07 Å². The Labute approximate surface area is 141 Å². The fourth-order valence-corrected chi connectivity index (χ4v) is 3.96. The van der Waals surface area contributed by atoms with Crippen molar-refractivity contribution in [1.82, 2.24) is 4.90 Å². The van der Waals surface area contributed by atoms with Gasteiger partial charge in [-0.05, 0) is 47.7 Å². The average Bonchev–Trinajstić information content (AvgIpc) is 2.51. The summed E-state index contributed by atoms with van der Waals surface area (Å²) in [6.07, 6.45) is 1.96. The van der Waals surface area contributed by atoms with E-state index in [-0.39, 0.29) is 28.5 Å². The number of rotatable bonds is 1. The summed E-state index contributed by atoms with van der Waals surface area (Å²) >= 11 is 0. The van der Waals surface area contributed by atoms with Gasteiger partial charge in [-0.2, -0.15) is 0 Å². The van der Waals surface area contributed by atoms with Crippen LogP contribution in [0.15, 0.2) is 30.3 Å². The van der Waals surface area contributed by atoms with Crippen molar-refractivity contribution in [3.8, 4) is 22.6 Å². The molecular formula is C18H20BrNO2. The average molecular weight is 362 g/mol. The minimum Gasteiger partial charge on any atom is -0.504 e. The van der Waals surface area contributed by atoms with Crippen LogP contribution in [0.4, 0.5) is 0 Å². The van der Waals surface area contributed by atoms with Crippen LogP contribution in [0.3, 0.4) is 0 Å². The summed E-state index contributed by atoms with van der Waals surface area (Å²) in [7, 11) is 0. The van der Waals surface area contributed by atoms with Crippen LogP contribution in [-0.4, -0.2) is 28.2 Å². The van der Waals surface area contributed by atoms with E-state index in [9.17, 15) is 10.2 Å². The molecule has 1 heterocycles. The van der Waals surface area contributed by atoms with Crippen molar-refractivity contribution >= 4 is 17.0 Å². The standard InChI is InChI=1S/C18H19NO2.BrH/c1-2-19-9-8-11-4-3-5-13-16(11)14(19)10-12-6-7-15(20)18(21)17(12)13;/h3-7,14,20-21H,2,8-10H2,1H3;1H. The first-order valence-corrected chi connectivity index (χ1v) is 7.60. The van der Waals surface area contributed by atoms with Gasteiger partial charge in [0.2, 0.25) is 0 Å². The van der Waals surface area contributed by atoms with Gasteiger partial charge in [-0.25, -0.2) is 0 Å². The number of phenolic OH excluding ortho intramolecular Hbond substituents is 2. The lowest BCUT2D eigenvalue weighted by Crippen LogP contribution is -2.38. The Morgan fingerprint density at radius 2 is 1.95 bits per heavy atom. The first kappa shape index (κ1) is 15.4. The van der Waals surface area contributed by atoms with Gasteiger partial charge >= 0.3 is 0 Å². The summed E-state index contributed by atoms with van der Waals surface area (Å²) in [4.78, 5) is 2.51. The Morgan fingerprint density at radius 1 is 1.14 bits per heavy atom. The molecule has 116 valence electrons. The predicted octanol–water partition coefficient (Wildman–Crippen LogP) is 3.82. The largest absolute Gasteiger partial charge is 0.504 e. The van der Waals surface area contributed by atoms with E-state index in [0.29, 0.717) is 6.04 Å². The van der Waals surface area contributed by atoms with Crippen LogP contribution in [0.1, 0.15) is 29.7 Å². The van der Waals surface area contributed by atoms with E-state index in [2.05, 4.69) is 30.0 Å². The van der Waals surface area contributed by atoms with E-state index in [0.717, 1.165) is 42.6 Å². The Balaban J connectivity index is 0.00000144. The molecule has 0 spiro atoms. The van der Waals surface area contributed by atoms with Gasteiger partial charge in [-0.3, -0.25) is 4.90 Å². The molecule has 4 rings (SSSR count). The molecule has 0 amide bonds. The number of halogens is 1. The van der Waals surface area contributed by atoms with Crippen molar-refractivity contribution in [2.75, 3.05) is 13.1 Å². The van der Waals surface area contributed by atoms with E-state index >= 15 is 0 Å². The van der Waals surface area contributed by atoms with Crippen molar-refractivity contribution in [1.29, 1.82) is 0 Å². The first-order valence-electron chi connectivity index (χ1n) is 7.60. The zero-order valence-electron chi connectivity index (χ0n) is 12.5. The highest BCUT2D eigenvalue weighted by Gasteiger charge is 2.34. The summed E-state index contributed by atoms with van der Waals surface area (Å²) < 4.78 is 0. The second kappa shape index (κ2) is 5.60. The normalized spacial score (nSPS) is 19.0. The van der Waals surface area contributed by atoms with Gasteiger partial charge in [0.1, 0.15) is 0 Å². The molecule has 4 heteroatoms. The lowest BCUT2D eigenvalue weighted by atomic mass is 9.77. The molecule has 1 atom stereocenters. The number of hydrogen-bond acceptors (Lipinski definition) is 3. The Hall–Kier alpha value is -1.52. The van der Waals surface area contributed by atoms with E-state index in [1.807, 2.05) is 6.07 Å². The van der Waals surface area contributed by atoms with Crippen LogP contribution in [0.2, 0.25) is 0 Å². The number of likely N-dealkylation sites (N-methyl/N-ethyl adjacent to an activating group) is 1. The van der Waals surface area contributed by atoms with Gasteiger partial charge in [0.25, 0.3) is 0 Å². The quantitative estimate of drug-likeness (QED) is 0.758. The summed E-state index contributed by atoms with van der Waals surface area (Å²) in [6.45, 7) is 4.34. The highest BCUT2D eigenvalue weighted by atomic mass is 79.9. The molecule has 0 saturated heterocycles. The van der Waals surface area contributed by atoms with Crippen molar-refractivity contribution < 1.29 is 10.2 Å². The van der Waals surface area contributed by atoms with E-state index < -0.39 is 0 Å². The molecule has 0 fully saturated rings. The SMILES string of the molecule is Br.CCN1CCc2cccc3c2C1Cc1ccc(O)c(O)c1-3. The molecule has 2 N–H and O–H groups in total. The van der Waals surface area contributed by atoms with Crippen LogP contribution in [0.25, 0.3) is 11.1 Å². The molecule has 2 aromatic carbocycles. The highest BCUT2D eigenvalue weighted by molar-refractivity contribution is 8.93. The molecule has 1 unspecified atom stereocenters. The smallest absolute Gasteiger partial charge is 0.165 e. The van der Waals surface area contributed by atoms with Crippen molar-refractivity contribution in [3.63, 3.8) is 0 Å². The topological polar surface area (TPSA) is 43.7 Å². The fourth-order valence-electron chi connectivity index (χ4n) is 3.96. The molecule has 0 bridgehead atoms. The maximum absolute atomic E-state index is 10.3. The summed E-state index contributed by atoms with van der Waals surface area (Å²) in [6, 6.07) is 10.3. The van der Waals surface area contributed by atoms with Gasteiger partial charge in [-0.1, -0.05) is 31.2 Å². The molecule has 1 aliphatic carbocycles. The molecule has 1 aliphatic heterocycles. The van der Waals surface area contributed by atoms with Crippen LogP contribution in [0.5, 0.6) is 11.5 Å². The number of phenols is 2. The third-order valence-corrected chi connectivity index (χ3v) is 4.97. The number of nitrogens with zero attached hydrogens (tertiary/aromatic N) is 1. The molecule has 0 radical (unpaired) electrons. The first-order chi connectivity index (χ1) is 10.2. The maximum atomic E-state index is 10.3. The second-order valence-corrected chi connectivity index (χ2v) is 5.94. The maximum Gasteiger partial charge on any atom is 0.165 e. The number of aromatic hydroxyl groups is 2. The number of fused-ring (bicyclic) bond motifs is 2. The highest BCUT2D eigenvalue weighted by Crippen LogP contribution is 2.50. The molecule has 2 aromatic rings. The van der Waals surface area contributed by atoms with E-state index in [4.69, 9.17) is 0 Å². The van der Waals surface area contributed by atoms with Gasteiger partial charge in [-0.15, -0.1) is 17.0 Å². The third-order valence-electron chi connectivity index (χ3n) is 4.97. The lowest BCUT2D eigenvalue weighted by Gasteiger charge is -2.41.